The lowest BCUT2D eigenvalue weighted by Gasteiger charge is -2.12. The van der Waals surface area contributed by atoms with Crippen molar-refractivity contribution in [3.05, 3.63) is 28.8 Å². The molecule has 0 radical (unpaired) electrons. The first kappa shape index (κ1) is 15.4. The van der Waals surface area contributed by atoms with Crippen LogP contribution in [0.5, 0.6) is 0 Å². The van der Waals surface area contributed by atoms with E-state index in [1.165, 1.54) is 25.3 Å². The molecule has 0 saturated heterocycles. The molecule has 1 unspecified atom stereocenters. The van der Waals surface area contributed by atoms with Crippen molar-refractivity contribution in [2.75, 3.05) is 19.0 Å². The van der Waals surface area contributed by atoms with E-state index in [2.05, 4.69) is 5.32 Å². The molecule has 0 spiro atoms. The number of aromatic carboxylic acids is 1. The summed E-state index contributed by atoms with van der Waals surface area (Å²) in [5, 5.41) is 11.4. The third-order valence-electron chi connectivity index (χ3n) is 2.44. The largest absolute Gasteiger partial charge is 0.478 e. The van der Waals surface area contributed by atoms with E-state index in [4.69, 9.17) is 27.2 Å². The van der Waals surface area contributed by atoms with Crippen LogP contribution >= 0.6 is 11.6 Å². The molecule has 0 aliphatic carbocycles. The topological polar surface area (TPSA) is 102 Å². The first-order chi connectivity index (χ1) is 8.95. The summed E-state index contributed by atoms with van der Waals surface area (Å²) in [5.74, 6) is -1.50. The minimum absolute atomic E-state index is 0.0247. The van der Waals surface area contributed by atoms with Gasteiger partial charge in [-0.1, -0.05) is 11.6 Å². The number of amides is 1. The Balaban J connectivity index is 2.70. The quantitative estimate of drug-likeness (QED) is 0.732. The number of benzene rings is 1. The van der Waals surface area contributed by atoms with Crippen molar-refractivity contribution >= 4 is 29.2 Å². The minimum atomic E-state index is -1.13. The second-order valence-electron chi connectivity index (χ2n) is 3.88. The Morgan fingerprint density at radius 3 is 2.74 bits per heavy atom. The van der Waals surface area contributed by atoms with Gasteiger partial charge < -0.3 is 20.9 Å². The van der Waals surface area contributed by atoms with Crippen molar-refractivity contribution in [2.45, 2.75) is 12.5 Å². The maximum absolute atomic E-state index is 11.7. The van der Waals surface area contributed by atoms with E-state index >= 15 is 0 Å². The molecule has 0 bridgehead atoms. The number of anilines is 1. The van der Waals surface area contributed by atoms with Crippen LogP contribution in [0.1, 0.15) is 16.8 Å². The number of hydrogen-bond donors (Lipinski definition) is 3. The number of nitrogens with one attached hydrogen (secondary N) is 1. The Labute approximate surface area is 115 Å². The molecule has 104 valence electrons. The van der Waals surface area contributed by atoms with Crippen LogP contribution in [0.3, 0.4) is 0 Å². The molecule has 0 aromatic heterocycles. The van der Waals surface area contributed by atoms with Crippen molar-refractivity contribution in [1.29, 1.82) is 0 Å². The fourth-order valence-electron chi connectivity index (χ4n) is 1.38. The summed E-state index contributed by atoms with van der Waals surface area (Å²) in [5.41, 5.74) is 6.02. The molecule has 1 atom stereocenters. The Morgan fingerprint density at radius 2 is 2.21 bits per heavy atom. The first-order valence-electron chi connectivity index (χ1n) is 5.54. The molecular formula is C12H15ClN2O4. The van der Waals surface area contributed by atoms with Crippen LogP contribution in [0.15, 0.2) is 18.2 Å². The van der Waals surface area contributed by atoms with E-state index < -0.39 is 12.0 Å². The molecule has 1 amide bonds. The summed E-state index contributed by atoms with van der Waals surface area (Å²) < 4.78 is 4.83. The summed E-state index contributed by atoms with van der Waals surface area (Å²) in [6, 6.07) is 3.45. The van der Waals surface area contributed by atoms with Gasteiger partial charge in [-0.2, -0.15) is 0 Å². The zero-order chi connectivity index (χ0) is 14.4. The van der Waals surface area contributed by atoms with Crippen LogP contribution in [-0.2, 0) is 9.53 Å². The van der Waals surface area contributed by atoms with Gasteiger partial charge in [-0.25, -0.2) is 4.79 Å². The highest BCUT2D eigenvalue weighted by atomic mass is 35.5. The SMILES string of the molecule is COCCC(N)C(=O)Nc1ccc(C(=O)O)c(Cl)c1. The Bertz CT molecular complexity index is 479. The number of methoxy groups -OCH3 is 1. The highest BCUT2D eigenvalue weighted by Gasteiger charge is 2.14. The lowest BCUT2D eigenvalue weighted by molar-refractivity contribution is -0.117. The fraction of sp³-hybridized carbons (Fsp3) is 0.333. The van der Waals surface area contributed by atoms with Crippen molar-refractivity contribution in [3.63, 3.8) is 0 Å². The molecule has 0 saturated carbocycles. The molecule has 6 nitrogen and oxygen atoms in total. The standard InChI is InChI=1S/C12H15ClN2O4/c1-19-5-4-10(14)11(16)15-7-2-3-8(12(17)18)9(13)6-7/h2-3,6,10H,4-5,14H2,1H3,(H,15,16)(H,17,18). The number of hydrogen-bond acceptors (Lipinski definition) is 4. The number of rotatable bonds is 6. The average Bonchev–Trinajstić information content (AvgIpc) is 2.35. The van der Waals surface area contributed by atoms with Crippen LogP contribution in [0, 0.1) is 0 Å². The molecule has 1 aromatic carbocycles. The molecule has 0 fully saturated rings. The second kappa shape index (κ2) is 7.08. The van der Waals surface area contributed by atoms with E-state index in [1.807, 2.05) is 0 Å². The summed E-state index contributed by atoms with van der Waals surface area (Å²) in [6.07, 6.45) is 0.392. The van der Waals surface area contributed by atoms with Crippen molar-refractivity contribution in [3.8, 4) is 0 Å². The number of ether oxygens (including phenoxy) is 1. The first-order valence-corrected chi connectivity index (χ1v) is 5.91. The molecule has 4 N–H and O–H groups in total. The highest BCUT2D eigenvalue weighted by molar-refractivity contribution is 6.33. The summed E-state index contributed by atoms with van der Waals surface area (Å²) >= 11 is 5.79. The second-order valence-corrected chi connectivity index (χ2v) is 4.28. The molecule has 0 heterocycles. The number of carboxylic acid groups (broad SMARTS) is 1. The number of halogens is 1. The predicted molar refractivity (Wildman–Crippen MR) is 71.5 cm³/mol. The minimum Gasteiger partial charge on any atom is -0.478 e. The molecule has 1 aromatic rings. The number of nitrogens with two attached hydrogens (primary N) is 1. The zero-order valence-corrected chi connectivity index (χ0v) is 11.1. The average molecular weight is 287 g/mol. The van der Waals surface area contributed by atoms with Gasteiger partial charge in [0.1, 0.15) is 0 Å². The van der Waals surface area contributed by atoms with E-state index in [1.54, 1.807) is 0 Å². The zero-order valence-electron chi connectivity index (χ0n) is 10.4. The highest BCUT2D eigenvalue weighted by Crippen LogP contribution is 2.21. The third-order valence-corrected chi connectivity index (χ3v) is 2.75. The van der Waals surface area contributed by atoms with Gasteiger partial charge in [-0.15, -0.1) is 0 Å². The molecule has 0 aliphatic heterocycles. The maximum atomic E-state index is 11.7. The van der Waals surface area contributed by atoms with Crippen LogP contribution in [-0.4, -0.2) is 36.7 Å². The molecule has 1 rings (SSSR count). The van der Waals surface area contributed by atoms with Crippen molar-refractivity contribution in [1.82, 2.24) is 0 Å². The Kier molecular flexibility index (Phi) is 5.75. The lowest BCUT2D eigenvalue weighted by atomic mass is 10.2. The van der Waals surface area contributed by atoms with E-state index in [0.29, 0.717) is 18.7 Å². The van der Waals surface area contributed by atoms with Gasteiger partial charge in [-0.3, -0.25) is 4.79 Å². The number of carbonyl (C=O) groups excluding carboxylic acids is 1. The van der Waals surface area contributed by atoms with Crippen molar-refractivity contribution in [2.24, 2.45) is 5.73 Å². The van der Waals surface area contributed by atoms with Gasteiger partial charge in [0.05, 0.1) is 16.6 Å². The fourth-order valence-corrected chi connectivity index (χ4v) is 1.64. The smallest absolute Gasteiger partial charge is 0.337 e. The summed E-state index contributed by atoms with van der Waals surface area (Å²) in [4.78, 5) is 22.5. The molecule has 0 aliphatic rings. The molecule has 7 heteroatoms. The van der Waals surface area contributed by atoms with Gasteiger partial charge in [0.25, 0.3) is 0 Å². The van der Waals surface area contributed by atoms with Crippen LogP contribution in [0.4, 0.5) is 5.69 Å². The third kappa shape index (κ3) is 4.51. The van der Waals surface area contributed by atoms with Crippen LogP contribution < -0.4 is 11.1 Å². The van der Waals surface area contributed by atoms with Gasteiger partial charge in [0.2, 0.25) is 5.91 Å². The molecular weight excluding hydrogens is 272 g/mol. The summed E-state index contributed by atoms with van der Waals surface area (Å²) in [7, 11) is 1.52. The Morgan fingerprint density at radius 1 is 1.53 bits per heavy atom. The van der Waals surface area contributed by atoms with Crippen molar-refractivity contribution < 1.29 is 19.4 Å². The number of carboxylic acids is 1. The van der Waals surface area contributed by atoms with Gasteiger partial charge in [-0.05, 0) is 24.6 Å². The van der Waals surface area contributed by atoms with E-state index in [-0.39, 0.29) is 16.5 Å². The van der Waals surface area contributed by atoms with Crippen LogP contribution in [0.25, 0.3) is 0 Å². The van der Waals surface area contributed by atoms with E-state index in [0.717, 1.165) is 0 Å². The summed E-state index contributed by atoms with van der Waals surface area (Å²) in [6.45, 7) is 0.382. The molecule has 19 heavy (non-hydrogen) atoms. The monoisotopic (exact) mass is 286 g/mol. The van der Waals surface area contributed by atoms with Gasteiger partial charge in [0, 0.05) is 19.4 Å². The maximum Gasteiger partial charge on any atom is 0.337 e. The van der Waals surface area contributed by atoms with Gasteiger partial charge >= 0.3 is 5.97 Å². The number of carbonyl (C=O) groups is 2. The predicted octanol–water partition coefficient (Wildman–Crippen LogP) is 1.34. The van der Waals surface area contributed by atoms with Gasteiger partial charge in [0.15, 0.2) is 0 Å². The lowest BCUT2D eigenvalue weighted by Crippen LogP contribution is -2.36. The Hall–Kier alpha value is -1.63. The normalized spacial score (nSPS) is 11.9. The van der Waals surface area contributed by atoms with Crippen LogP contribution in [0.2, 0.25) is 5.02 Å². The van der Waals surface area contributed by atoms with E-state index in [9.17, 15) is 9.59 Å².